The van der Waals surface area contributed by atoms with Gasteiger partial charge in [0.25, 0.3) is 0 Å². The van der Waals surface area contributed by atoms with Gasteiger partial charge in [-0.3, -0.25) is 4.79 Å². The van der Waals surface area contributed by atoms with Crippen LogP contribution >= 0.6 is 11.3 Å². The average molecular weight is 227 g/mol. The third kappa shape index (κ3) is 4.44. The van der Waals surface area contributed by atoms with Crippen molar-refractivity contribution in [3.05, 3.63) is 22.4 Å². The van der Waals surface area contributed by atoms with E-state index in [1.165, 1.54) is 4.88 Å². The molecule has 0 aromatic carbocycles. The summed E-state index contributed by atoms with van der Waals surface area (Å²) in [5.74, 6) is 0.0596. The van der Waals surface area contributed by atoms with Gasteiger partial charge in [-0.25, -0.2) is 0 Å². The van der Waals surface area contributed by atoms with Crippen molar-refractivity contribution in [1.29, 1.82) is 0 Å². The Morgan fingerprint density at radius 3 is 3.00 bits per heavy atom. The van der Waals surface area contributed by atoms with Gasteiger partial charge in [-0.05, 0) is 31.2 Å². The predicted octanol–water partition coefficient (Wildman–Crippen LogP) is 2.09. The Balaban J connectivity index is 2.26. The Kier molecular flexibility index (Phi) is 5.36. The number of aliphatic hydroxyl groups is 1. The van der Waals surface area contributed by atoms with Gasteiger partial charge in [0.15, 0.2) is 0 Å². The number of amides is 1. The van der Waals surface area contributed by atoms with Gasteiger partial charge >= 0.3 is 0 Å². The minimum atomic E-state index is 0.0596. The number of carbonyl (C=O) groups is 1. The summed E-state index contributed by atoms with van der Waals surface area (Å²) < 4.78 is 0. The second-order valence-electron chi connectivity index (χ2n) is 3.49. The number of unbranched alkanes of at least 4 members (excludes halogenated alkanes) is 1. The summed E-state index contributed by atoms with van der Waals surface area (Å²) in [4.78, 5) is 12.6. The molecule has 1 heterocycles. The van der Waals surface area contributed by atoms with Gasteiger partial charge in [0.1, 0.15) is 0 Å². The summed E-state index contributed by atoms with van der Waals surface area (Å²) in [5, 5.41) is 13.5. The van der Waals surface area contributed by atoms with E-state index in [-0.39, 0.29) is 18.6 Å². The third-order valence-corrected chi connectivity index (χ3v) is 3.21. The van der Waals surface area contributed by atoms with Crippen LogP contribution < -0.4 is 5.32 Å². The largest absolute Gasteiger partial charge is 0.396 e. The van der Waals surface area contributed by atoms with Crippen LogP contribution in [0.1, 0.15) is 37.1 Å². The molecule has 4 heteroatoms. The average Bonchev–Trinajstić information content (AvgIpc) is 2.70. The highest BCUT2D eigenvalue weighted by Gasteiger charge is 2.09. The quantitative estimate of drug-likeness (QED) is 0.731. The van der Waals surface area contributed by atoms with Crippen molar-refractivity contribution < 1.29 is 9.90 Å². The standard InChI is InChI=1S/C11H17NO2S/c1-9(10-5-4-8-15-10)12-11(14)6-2-3-7-13/h4-5,8-9,13H,2-3,6-7H2,1H3,(H,12,14). The Bertz CT molecular complexity index is 285. The lowest BCUT2D eigenvalue weighted by atomic mass is 10.2. The number of hydrogen-bond acceptors (Lipinski definition) is 3. The van der Waals surface area contributed by atoms with E-state index in [9.17, 15) is 4.79 Å². The van der Waals surface area contributed by atoms with Crippen LogP contribution in [-0.2, 0) is 4.79 Å². The van der Waals surface area contributed by atoms with E-state index >= 15 is 0 Å². The normalized spacial score (nSPS) is 12.4. The van der Waals surface area contributed by atoms with Crippen LogP contribution in [0.3, 0.4) is 0 Å². The van der Waals surface area contributed by atoms with E-state index < -0.39 is 0 Å². The maximum absolute atomic E-state index is 11.4. The zero-order valence-electron chi connectivity index (χ0n) is 8.90. The second kappa shape index (κ2) is 6.58. The van der Waals surface area contributed by atoms with Crippen molar-refractivity contribution in [3.8, 4) is 0 Å². The van der Waals surface area contributed by atoms with Gasteiger partial charge in [0.05, 0.1) is 6.04 Å². The van der Waals surface area contributed by atoms with Crippen molar-refractivity contribution in [2.75, 3.05) is 6.61 Å². The predicted molar refractivity (Wildman–Crippen MR) is 61.8 cm³/mol. The molecule has 1 amide bonds. The number of thiophene rings is 1. The molecule has 2 N–H and O–H groups in total. The lowest BCUT2D eigenvalue weighted by Gasteiger charge is -2.11. The summed E-state index contributed by atoms with van der Waals surface area (Å²) >= 11 is 1.65. The Labute approximate surface area is 94.1 Å². The van der Waals surface area contributed by atoms with E-state index in [1.54, 1.807) is 11.3 Å². The highest BCUT2D eigenvalue weighted by molar-refractivity contribution is 7.10. The molecule has 0 fully saturated rings. The zero-order valence-corrected chi connectivity index (χ0v) is 9.72. The van der Waals surface area contributed by atoms with Gasteiger partial charge in [-0.1, -0.05) is 6.07 Å². The maximum Gasteiger partial charge on any atom is 0.220 e. The molecule has 15 heavy (non-hydrogen) atoms. The van der Waals surface area contributed by atoms with Crippen molar-refractivity contribution in [3.63, 3.8) is 0 Å². The van der Waals surface area contributed by atoms with Crippen molar-refractivity contribution in [2.45, 2.75) is 32.2 Å². The summed E-state index contributed by atoms with van der Waals surface area (Å²) in [5.41, 5.74) is 0. The fourth-order valence-corrected chi connectivity index (χ4v) is 2.05. The van der Waals surface area contributed by atoms with Gasteiger partial charge in [0, 0.05) is 17.9 Å². The Morgan fingerprint density at radius 1 is 1.60 bits per heavy atom. The van der Waals surface area contributed by atoms with E-state index in [1.807, 2.05) is 24.4 Å². The first-order valence-corrected chi connectivity index (χ1v) is 6.05. The molecule has 0 saturated heterocycles. The van der Waals surface area contributed by atoms with E-state index in [4.69, 9.17) is 5.11 Å². The fraction of sp³-hybridized carbons (Fsp3) is 0.545. The number of hydrogen-bond donors (Lipinski definition) is 2. The summed E-state index contributed by atoms with van der Waals surface area (Å²) in [7, 11) is 0. The van der Waals surface area contributed by atoms with Gasteiger partial charge in [0.2, 0.25) is 5.91 Å². The van der Waals surface area contributed by atoms with Crippen LogP contribution in [0, 0.1) is 0 Å². The molecule has 0 bridgehead atoms. The van der Waals surface area contributed by atoms with E-state index in [2.05, 4.69) is 5.32 Å². The molecule has 1 unspecified atom stereocenters. The molecular formula is C11H17NO2S. The molecule has 84 valence electrons. The van der Waals surface area contributed by atoms with Crippen LogP contribution in [-0.4, -0.2) is 17.6 Å². The first kappa shape index (κ1) is 12.2. The van der Waals surface area contributed by atoms with Crippen molar-refractivity contribution in [2.24, 2.45) is 0 Å². The summed E-state index contributed by atoms with van der Waals surface area (Å²) in [6.07, 6.45) is 1.94. The lowest BCUT2D eigenvalue weighted by molar-refractivity contribution is -0.121. The summed E-state index contributed by atoms with van der Waals surface area (Å²) in [6, 6.07) is 4.09. The van der Waals surface area contributed by atoms with Crippen LogP contribution in [0.15, 0.2) is 17.5 Å². The zero-order chi connectivity index (χ0) is 11.1. The lowest BCUT2D eigenvalue weighted by Crippen LogP contribution is -2.25. The monoisotopic (exact) mass is 227 g/mol. The maximum atomic E-state index is 11.4. The van der Waals surface area contributed by atoms with E-state index in [0.717, 1.165) is 6.42 Å². The Morgan fingerprint density at radius 2 is 2.40 bits per heavy atom. The molecule has 0 aliphatic rings. The minimum absolute atomic E-state index is 0.0596. The molecular weight excluding hydrogens is 210 g/mol. The molecule has 0 radical (unpaired) electrons. The molecule has 0 spiro atoms. The van der Waals surface area contributed by atoms with Crippen LogP contribution in [0.4, 0.5) is 0 Å². The van der Waals surface area contributed by atoms with Gasteiger partial charge < -0.3 is 10.4 Å². The van der Waals surface area contributed by atoms with Gasteiger partial charge in [-0.2, -0.15) is 0 Å². The molecule has 1 rings (SSSR count). The number of aliphatic hydroxyl groups excluding tert-OH is 1. The fourth-order valence-electron chi connectivity index (χ4n) is 1.32. The molecule has 0 saturated carbocycles. The Hall–Kier alpha value is -0.870. The second-order valence-corrected chi connectivity index (χ2v) is 4.46. The summed E-state index contributed by atoms with van der Waals surface area (Å²) in [6.45, 7) is 2.14. The number of carbonyl (C=O) groups excluding carboxylic acids is 1. The van der Waals surface area contributed by atoms with Crippen molar-refractivity contribution >= 4 is 17.2 Å². The third-order valence-electron chi connectivity index (χ3n) is 2.16. The number of nitrogens with one attached hydrogen (secondary N) is 1. The molecule has 1 aromatic heterocycles. The molecule has 3 nitrogen and oxygen atoms in total. The van der Waals surface area contributed by atoms with Gasteiger partial charge in [-0.15, -0.1) is 11.3 Å². The van der Waals surface area contributed by atoms with Crippen molar-refractivity contribution in [1.82, 2.24) is 5.32 Å². The SMILES string of the molecule is CC(NC(=O)CCCCO)c1cccs1. The van der Waals surface area contributed by atoms with E-state index in [0.29, 0.717) is 12.8 Å². The molecule has 0 aliphatic carbocycles. The smallest absolute Gasteiger partial charge is 0.220 e. The van der Waals surface area contributed by atoms with Crippen LogP contribution in [0.5, 0.6) is 0 Å². The van der Waals surface area contributed by atoms with Crippen LogP contribution in [0.25, 0.3) is 0 Å². The topological polar surface area (TPSA) is 49.3 Å². The highest BCUT2D eigenvalue weighted by atomic mass is 32.1. The molecule has 1 aromatic rings. The first-order valence-electron chi connectivity index (χ1n) is 5.17. The highest BCUT2D eigenvalue weighted by Crippen LogP contribution is 2.18. The first-order chi connectivity index (χ1) is 7.24. The molecule has 1 atom stereocenters. The molecule has 0 aliphatic heterocycles. The van der Waals surface area contributed by atoms with Crippen LogP contribution in [0.2, 0.25) is 0 Å². The minimum Gasteiger partial charge on any atom is -0.396 e. The number of rotatable bonds is 6.